The molecule has 0 radical (unpaired) electrons. The maximum absolute atomic E-state index is 14.3. The molecule has 10 heteroatoms. The van der Waals surface area contributed by atoms with E-state index < -0.39 is 39.3 Å². The zero-order chi connectivity index (χ0) is 17.3. The van der Waals surface area contributed by atoms with Crippen molar-refractivity contribution in [2.24, 2.45) is 0 Å². The van der Waals surface area contributed by atoms with Gasteiger partial charge in [-0.15, -0.1) is 0 Å². The molecule has 0 saturated carbocycles. The Labute approximate surface area is 142 Å². The van der Waals surface area contributed by atoms with E-state index in [1.54, 1.807) is 6.07 Å². The van der Waals surface area contributed by atoms with Crippen LogP contribution >= 0.6 is 27.5 Å². The van der Waals surface area contributed by atoms with Crippen LogP contribution in [0.25, 0.3) is 0 Å². The first-order valence-electron chi connectivity index (χ1n) is 5.94. The normalized spacial score (nSPS) is 10.4. The molecule has 7 nitrogen and oxygen atoms in total. The van der Waals surface area contributed by atoms with Crippen LogP contribution in [-0.4, -0.2) is 16.0 Å². The fourth-order valence-corrected chi connectivity index (χ4v) is 2.54. The van der Waals surface area contributed by atoms with Crippen LogP contribution in [0.4, 0.5) is 27.1 Å². The highest BCUT2D eigenvalue weighted by Crippen LogP contribution is 2.37. The number of hydrogen-bond donors (Lipinski definition) is 3. The van der Waals surface area contributed by atoms with Crippen LogP contribution in [0.1, 0.15) is 10.4 Å². The molecule has 0 amide bonds. The Bertz CT molecular complexity index is 831. The van der Waals surface area contributed by atoms with Gasteiger partial charge in [0.05, 0.1) is 26.9 Å². The molecule has 2 rings (SSSR count). The summed E-state index contributed by atoms with van der Waals surface area (Å²) in [6.45, 7) is 0. The lowest BCUT2D eigenvalue weighted by Gasteiger charge is -2.13. The van der Waals surface area contributed by atoms with E-state index in [1.165, 1.54) is 12.1 Å². The summed E-state index contributed by atoms with van der Waals surface area (Å²) in [4.78, 5) is 21.2. The second kappa shape index (κ2) is 6.39. The first-order chi connectivity index (χ1) is 10.7. The predicted molar refractivity (Wildman–Crippen MR) is 86.9 cm³/mol. The van der Waals surface area contributed by atoms with E-state index in [1.807, 2.05) is 0 Å². The van der Waals surface area contributed by atoms with Crippen LogP contribution in [0, 0.1) is 15.9 Å². The number of nitrogen functional groups attached to an aromatic ring is 1. The monoisotopic (exact) mass is 403 g/mol. The molecule has 0 fully saturated rings. The lowest BCUT2D eigenvalue weighted by Crippen LogP contribution is -2.10. The molecular formula is C13H8BrClFN3O4. The van der Waals surface area contributed by atoms with Crippen LogP contribution in [0.2, 0.25) is 5.02 Å². The van der Waals surface area contributed by atoms with E-state index in [2.05, 4.69) is 21.2 Å². The van der Waals surface area contributed by atoms with Gasteiger partial charge in [0.2, 0.25) is 0 Å². The van der Waals surface area contributed by atoms with E-state index in [0.717, 1.165) is 0 Å². The third-order valence-electron chi connectivity index (χ3n) is 2.90. The maximum atomic E-state index is 14.3. The van der Waals surface area contributed by atoms with Gasteiger partial charge in [-0.1, -0.05) is 27.5 Å². The lowest BCUT2D eigenvalue weighted by atomic mass is 10.1. The van der Waals surface area contributed by atoms with E-state index in [9.17, 15) is 19.3 Å². The third-order valence-corrected chi connectivity index (χ3v) is 3.71. The number of nitrogens with two attached hydrogens (primary N) is 1. The minimum atomic E-state index is -1.55. The van der Waals surface area contributed by atoms with Gasteiger partial charge in [-0.05, 0) is 18.2 Å². The topological polar surface area (TPSA) is 118 Å². The highest BCUT2D eigenvalue weighted by Gasteiger charge is 2.26. The summed E-state index contributed by atoms with van der Waals surface area (Å²) in [6, 6.07) is 5.28. The number of carbonyl (C=O) groups is 1. The van der Waals surface area contributed by atoms with Gasteiger partial charge in [0.25, 0.3) is 5.69 Å². The predicted octanol–water partition coefficient (Wildman–Crippen LogP) is 4.17. The number of nitrogens with one attached hydrogen (secondary N) is 1. The minimum absolute atomic E-state index is 0.187. The molecule has 0 unspecified atom stereocenters. The number of nitro groups is 1. The third kappa shape index (κ3) is 3.35. The molecular weight excluding hydrogens is 397 g/mol. The molecule has 0 atom stereocenters. The fraction of sp³-hybridized carbons (Fsp3) is 0. The van der Waals surface area contributed by atoms with Gasteiger partial charge in [-0.25, -0.2) is 9.18 Å². The Morgan fingerprint density at radius 2 is 2.09 bits per heavy atom. The summed E-state index contributed by atoms with van der Waals surface area (Å²) in [7, 11) is 0. The number of halogens is 3. The second-order valence-electron chi connectivity index (χ2n) is 4.36. The number of carboxylic acid groups (broad SMARTS) is 1. The molecule has 0 spiro atoms. The number of aromatic carboxylic acids is 1. The summed E-state index contributed by atoms with van der Waals surface area (Å²) >= 11 is 9.18. The van der Waals surface area contributed by atoms with Gasteiger partial charge in [0.1, 0.15) is 5.69 Å². The van der Waals surface area contributed by atoms with Gasteiger partial charge < -0.3 is 16.2 Å². The summed E-state index contributed by atoms with van der Waals surface area (Å²) < 4.78 is 15.0. The molecule has 120 valence electrons. The van der Waals surface area contributed by atoms with E-state index >= 15 is 0 Å². The van der Waals surface area contributed by atoms with E-state index in [-0.39, 0.29) is 10.7 Å². The number of nitrogens with zero attached hydrogens (tertiary/aromatic N) is 1. The highest BCUT2D eigenvalue weighted by molar-refractivity contribution is 9.10. The molecule has 0 bridgehead atoms. The Morgan fingerprint density at radius 3 is 2.61 bits per heavy atom. The molecule has 0 aliphatic rings. The molecule has 0 heterocycles. The molecule has 2 aromatic rings. The Hall–Kier alpha value is -2.39. The highest BCUT2D eigenvalue weighted by atomic mass is 79.9. The van der Waals surface area contributed by atoms with Gasteiger partial charge in [-0.3, -0.25) is 10.1 Å². The van der Waals surface area contributed by atoms with Crippen LogP contribution in [0.15, 0.2) is 28.7 Å². The van der Waals surface area contributed by atoms with Crippen molar-refractivity contribution >= 4 is 56.2 Å². The Kier molecular flexibility index (Phi) is 4.71. The first-order valence-corrected chi connectivity index (χ1v) is 7.11. The average molecular weight is 405 g/mol. The van der Waals surface area contributed by atoms with E-state index in [4.69, 9.17) is 22.4 Å². The molecule has 4 N–H and O–H groups in total. The average Bonchev–Trinajstić information content (AvgIpc) is 2.45. The van der Waals surface area contributed by atoms with Crippen LogP contribution in [-0.2, 0) is 0 Å². The molecule has 2 aromatic carbocycles. The fourth-order valence-electron chi connectivity index (χ4n) is 1.82. The van der Waals surface area contributed by atoms with Gasteiger partial charge >= 0.3 is 5.97 Å². The number of carboxylic acids is 1. The minimum Gasteiger partial charge on any atom is -0.478 e. The Morgan fingerprint density at radius 1 is 1.43 bits per heavy atom. The number of hydrogen-bond acceptors (Lipinski definition) is 5. The number of rotatable bonds is 4. The quantitative estimate of drug-likeness (QED) is 0.400. The molecule has 0 aliphatic carbocycles. The summed E-state index contributed by atoms with van der Waals surface area (Å²) in [5.41, 5.74) is 2.85. The van der Waals surface area contributed by atoms with Crippen molar-refractivity contribution in [3.63, 3.8) is 0 Å². The van der Waals surface area contributed by atoms with Crippen molar-refractivity contribution in [3.8, 4) is 0 Å². The molecule has 0 aliphatic heterocycles. The SMILES string of the molecule is Nc1c([N+](=O)[O-])cc(C(=O)O)c(Nc2ccc(Br)cc2Cl)c1F. The van der Waals surface area contributed by atoms with Crippen molar-refractivity contribution in [2.45, 2.75) is 0 Å². The smallest absolute Gasteiger partial charge is 0.338 e. The first kappa shape index (κ1) is 17.0. The van der Waals surface area contributed by atoms with E-state index in [0.29, 0.717) is 10.5 Å². The van der Waals surface area contributed by atoms with Crippen LogP contribution in [0.5, 0.6) is 0 Å². The summed E-state index contributed by atoms with van der Waals surface area (Å²) in [6.07, 6.45) is 0. The zero-order valence-electron chi connectivity index (χ0n) is 11.1. The molecule has 0 saturated heterocycles. The van der Waals surface area contributed by atoms with Crippen molar-refractivity contribution in [3.05, 3.63) is 55.3 Å². The van der Waals surface area contributed by atoms with Gasteiger partial charge in [0, 0.05) is 10.5 Å². The summed E-state index contributed by atoms with van der Waals surface area (Å²) in [5, 5.41) is 22.7. The van der Waals surface area contributed by atoms with Crippen molar-refractivity contribution in [1.82, 2.24) is 0 Å². The standard InChI is InChI=1S/C13H8BrClFN3O4/c14-5-1-2-8(7(15)3-5)18-12-6(13(20)21)4-9(19(22)23)11(17)10(12)16/h1-4,18H,17H2,(H,20,21). The number of anilines is 3. The number of benzene rings is 2. The maximum Gasteiger partial charge on any atom is 0.338 e. The largest absolute Gasteiger partial charge is 0.478 e. The van der Waals surface area contributed by atoms with Crippen molar-refractivity contribution in [1.29, 1.82) is 0 Å². The second-order valence-corrected chi connectivity index (χ2v) is 5.68. The lowest BCUT2D eigenvalue weighted by molar-refractivity contribution is -0.384. The Balaban J connectivity index is 2.63. The summed E-state index contributed by atoms with van der Waals surface area (Å²) in [5.74, 6) is -2.79. The molecule has 0 aromatic heterocycles. The van der Waals surface area contributed by atoms with Crippen molar-refractivity contribution in [2.75, 3.05) is 11.1 Å². The van der Waals surface area contributed by atoms with Crippen LogP contribution < -0.4 is 11.1 Å². The van der Waals surface area contributed by atoms with Gasteiger partial charge in [0.15, 0.2) is 5.82 Å². The van der Waals surface area contributed by atoms with Crippen molar-refractivity contribution < 1.29 is 19.2 Å². The zero-order valence-corrected chi connectivity index (χ0v) is 13.5. The molecule has 23 heavy (non-hydrogen) atoms. The number of nitro benzene ring substituents is 1. The van der Waals surface area contributed by atoms with Crippen LogP contribution in [0.3, 0.4) is 0 Å². The van der Waals surface area contributed by atoms with Gasteiger partial charge in [-0.2, -0.15) is 0 Å².